The molecule has 3 heterocycles. The van der Waals surface area contributed by atoms with Crippen LogP contribution in [-0.4, -0.2) is 9.55 Å². The maximum Gasteiger partial charge on any atom is 0.174 e. The Hall–Kier alpha value is -1.98. The molecule has 5 heteroatoms. The summed E-state index contributed by atoms with van der Waals surface area (Å²) in [5, 5.41) is 2.06. The summed E-state index contributed by atoms with van der Waals surface area (Å²) in [6.45, 7) is 2.08. The van der Waals surface area contributed by atoms with Crippen molar-refractivity contribution in [2.45, 2.75) is 18.8 Å². The molecule has 1 fully saturated rings. The third-order valence-electron chi connectivity index (χ3n) is 3.92. The number of hydrogen-bond acceptors (Lipinski definition) is 3. The molecule has 2 unspecified atom stereocenters. The Labute approximate surface area is 125 Å². The molecule has 0 spiro atoms. The minimum atomic E-state index is -0.543. The molecule has 3 aromatic rings. The van der Waals surface area contributed by atoms with E-state index in [9.17, 15) is 4.39 Å². The summed E-state index contributed by atoms with van der Waals surface area (Å²) in [4.78, 5) is 5.30. The van der Waals surface area contributed by atoms with Crippen LogP contribution >= 0.6 is 11.3 Å². The molecule has 0 N–H and O–H groups in total. The first kappa shape index (κ1) is 12.7. The standard InChI is InChI=1S/C16H13FN2OS/c1-11-14(6-9-21-11)16(12-2-4-13(17)5-3-12)15(20-16)19-8-7-18-10-19/h2-10,15H,1H3. The van der Waals surface area contributed by atoms with Crippen molar-refractivity contribution in [2.75, 3.05) is 0 Å². The first-order valence-corrected chi connectivity index (χ1v) is 7.55. The van der Waals surface area contributed by atoms with Crippen LogP contribution in [0, 0.1) is 12.7 Å². The van der Waals surface area contributed by atoms with Gasteiger partial charge in [0.05, 0.1) is 6.33 Å². The second kappa shape index (κ2) is 4.51. The summed E-state index contributed by atoms with van der Waals surface area (Å²) in [7, 11) is 0. The predicted octanol–water partition coefficient (Wildman–Crippen LogP) is 3.86. The minimum Gasteiger partial charge on any atom is -0.333 e. The summed E-state index contributed by atoms with van der Waals surface area (Å²) < 4.78 is 21.3. The zero-order chi connectivity index (χ0) is 14.4. The predicted molar refractivity (Wildman–Crippen MR) is 78.6 cm³/mol. The van der Waals surface area contributed by atoms with Crippen LogP contribution in [-0.2, 0) is 10.3 Å². The number of halogens is 1. The monoisotopic (exact) mass is 300 g/mol. The molecule has 1 aliphatic heterocycles. The van der Waals surface area contributed by atoms with Gasteiger partial charge in [0.25, 0.3) is 0 Å². The summed E-state index contributed by atoms with van der Waals surface area (Å²) in [5.74, 6) is -0.240. The fourth-order valence-electron chi connectivity index (χ4n) is 2.85. The highest BCUT2D eigenvalue weighted by atomic mass is 32.1. The molecular weight excluding hydrogens is 287 g/mol. The van der Waals surface area contributed by atoms with E-state index in [-0.39, 0.29) is 12.0 Å². The lowest BCUT2D eigenvalue weighted by molar-refractivity contribution is 0.304. The van der Waals surface area contributed by atoms with Crippen LogP contribution in [0.3, 0.4) is 0 Å². The molecule has 4 rings (SSSR count). The molecule has 21 heavy (non-hydrogen) atoms. The largest absolute Gasteiger partial charge is 0.333 e. The highest BCUT2D eigenvalue weighted by molar-refractivity contribution is 7.10. The van der Waals surface area contributed by atoms with E-state index in [1.54, 1.807) is 36.0 Å². The molecule has 0 aliphatic carbocycles. The molecule has 1 aliphatic rings. The molecule has 1 saturated heterocycles. The maximum atomic E-state index is 13.2. The van der Waals surface area contributed by atoms with Gasteiger partial charge in [-0.2, -0.15) is 0 Å². The fourth-order valence-corrected chi connectivity index (χ4v) is 3.61. The Bertz CT molecular complexity index is 766. The Kier molecular flexibility index (Phi) is 2.74. The average Bonchev–Trinajstić information content (AvgIpc) is 2.87. The maximum absolute atomic E-state index is 13.2. The van der Waals surface area contributed by atoms with E-state index in [1.807, 2.05) is 10.8 Å². The van der Waals surface area contributed by atoms with Crippen LogP contribution in [0.15, 0.2) is 54.4 Å². The number of hydrogen-bond donors (Lipinski definition) is 0. The van der Waals surface area contributed by atoms with Gasteiger partial charge in [-0.25, -0.2) is 9.37 Å². The summed E-state index contributed by atoms with van der Waals surface area (Å²) in [5.41, 5.74) is 1.56. The van der Waals surface area contributed by atoms with Gasteiger partial charge in [0.2, 0.25) is 0 Å². The van der Waals surface area contributed by atoms with Crippen molar-refractivity contribution < 1.29 is 9.13 Å². The van der Waals surface area contributed by atoms with Crippen LogP contribution in [0.25, 0.3) is 0 Å². The van der Waals surface area contributed by atoms with E-state index in [1.165, 1.54) is 17.0 Å². The molecule has 3 nitrogen and oxygen atoms in total. The molecule has 0 amide bonds. The van der Waals surface area contributed by atoms with E-state index in [0.29, 0.717) is 0 Å². The van der Waals surface area contributed by atoms with Crippen LogP contribution in [0.2, 0.25) is 0 Å². The summed E-state index contributed by atoms with van der Waals surface area (Å²) in [6.07, 6.45) is 5.23. The van der Waals surface area contributed by atoms with E-state index < -0.39 is 5.60 Å². The minimum absolute atomic E-state index is 0.140. The van der Waals surface area contributed by atoms with E-state index in [4.69, 9.17) is 4.74 Å². The average molecular weight is 300 g/mol. The van der Waals surface area contributed by atoms with Gasteiger partial charge < -0.3 is 9.30 Å². The fraction of sp³-hybridized carbons (Fsp3) is 0.188. The van der Waals surface area contributed by atoms with Crippen LogP contribution in [0.1, 0.15) is 22.2 Å². The van der Waals surface area contributed by atoms with Crippen molar-refractivity contribution >= 4 is 11.3 Å². The van der Waals surface area contributed by atoms with Gasteiger partial charge in [-0.05, 0) is 36.1 Å². The first-order chi connectivity index (χ1) is 10.2. The van der Waals surface area contributed by atoms with Gasteiger partial charge in [0.15, 0.2) is 11.8 Å². The first-order valence-electron chi connectivity index (χ1n) is 6.68. The van der Waals surface area contributed by atoms with E-state index in [0.717, 1.165) is 11.1 Å². The number of benzene rings is 1. The second-order valence-corrected chi connectivity index (χ2v) is 6.23. The Morgan fingerprint density at radius 3 is 2.71 bits per heavy atom. The molecule has 2 aromatic heterocycles. The zero-order valence-corrected chi connectivity index (χ0v) is 12.2. The van der Waals surface area contributed by atoms with Crippen LogP contribution in [0.5, 0.6) is 0 Å². The number of epoxide rings is 1. The Balaban J connectivity index is 1.85. The number of aromatic nitrogens is 2. The van der Waals surface area contributed by atoms with Crippen molar-refractivity contribution in [1.29, 1.82) is 0 Å². The lowest BCUT2D eigenvalue weighted by Gasteiger charge is -2.14. The number of aryl methyl sites for hydroxylation is 1. The lowest BCUT2D eigenvalue weighted by Crippen LogP contribution is -2.14. The molecule has 0 radical (unpaired) electrons. The summed E-state index contributed by atoms with van der Waals surface area (Å²) >= 11 is 1.69. The number of nitrogens with zero attached hydrogens (tertiary/aromatic N) is 2. The summed E-state index contributed by atoms with van der Waals surface area (Å²) in [6, 6.07) is 8.63. The quantitative estimate of drug-likeness (QED) is 0.687. The van der Waals surface area contributed by atoms with Crippen molar-refractivity contribution in [2.24, 2.45) is 0 Å². The van der Waals surface area contributed by atoms with Gasteiger partial charge in [0, 0.05) is 22.8 Å². The number of imidazole rings is 1. The van der Waals surface area contributed by atoms with Crippen molar-refractivity contribution in [3.63, 3.8) is 0 Å². The van der Waals surface area contributed by atoms with Gasteiger partial charge in [-0.1, -0.05) is 12.1 Å². The normalized spacial score (nSPS) is 24.2. The highest BCUT2D eigenvalue weighted by Gasteiger charge is 2.61. The Morgan fingerprint density at radius 2 is 2.10 bits per heavy atom. The van der Waals surface area contributed by atoms with Gasteiger partial charge >= 0.3 is 0 Å². The van der Waals surface area contributed by atoms with Gasteiger partial charge in [-0.3, -0.25) is 0 Å². The number of rotatable bonds is 3. The van der Waals surface area contributed by atoms with Gasteiger partial charge in [0.1, 0.15) is 5.82 Å². The van der Waals surface area contributed by atoms with Crippen LogP contribution < -0.4 is 0 Å². The Morgan fingerprint density at radius 1 is 1.29 bits per heavy atom. The number of ether oxygens (including phenoxy) is 1. The molecule has 106 valence electrons. The molecular formula is C16H13FN2OS. The smallest absolute Gasteiger partial charge is 0.174 e. The molecule has 0 bridgehead atoms. The van der Waals surface area contributed by atoms with Crippen molar-refractivity contribution in [1.82, 2.24) is 9.55 Å². The van der Waals surface area contributed by atoms with Crippen molar-refractivity contribution in [3.05, 3.63) is 76.3 Å². The van der Waals surface area contributed by atoms with Gasteiger partial charge in [-0.15, -0.1) is 11.3 Å². The lowest BCUT2D eigenvalue weighted by atomic mass is 9.90. The SMILES string of the molecule is Cc1sccc1C1(c2ccc(F)cc2)OC1n1ccnc1. The topological polar surface area (TPSA) is 30.4 Å². The van der Waals surface area contributed by atoms with Crippen LogP contribution in [0.4, 0.5) is 4.39 Å². The molecule has 1 aromatic carbocycles. The zero-order valence-electron chi connectivity index (χ0n) is 11.4. The molecule has 0 saturated carbocycles. The number of thiophene rings is 1. The van der Waals surface area contributed by atoms with Crippen molar-refractivity contribution in [3.8, 4) is 0 Å². The highest BCUT2D eigenvalue weighted by Crippen LogP contribution is 2.59. The molecule has 2 atom stereocenters. The second-order valence-electron chi connectivity index (χ2n) is 5.11. The van der Waals surface area contributed by atoms with E-state index in [2.05, 4.69) is 23.4 Å². The third kappa shape index (κ3) is 1.85. The van der Waals surface area contributed by atoms with E-state index >= 15 is 0 Å². The third-order valence-corrected chi connectivity index (χ3v) is 4.76.